The van der Waals surface area contributed by atoms with Crippen LogP contribution in [-0.4, -0.2) is 49.7 Å². The molecule has 1 aliphatic heterocycles. The van der Waals surface area contributed by atoms with Crippen LogP contribution in [0.3, 0.4) is 0 Å². The molecule has 1 aromatic rings. The number of hydrogen-bond donors (Lipinski definition) is 0. The van der Waals surface area contributed by atoms with Gasteiger partial charge >= 0.3 is 5.97 Å². The highest BCUT2D eigenvalue weighted by molar-refractivity contribution is 5.87. The average molecular weight is 361 g/mol. The molecule has 0 unspecified atom stereocenters. The molecular formula is C20H27NO5. The van der Waals surface area contributed by atoms with Gasteiger partial charge in [0, 0.05) is 18.2 Å². The number of amides is 1. The largest absolute Gasteiger partial charge is 0.493 e. The Kier molecular flexibility index (Phi) is 7.06. The zero-order valence-electron chi connectivity index (χ0n) is 15.9. The topological polar surface area (TPSA) is 65.1 Å². The van der Waals surface area contributed by atoms with Crippen LogP contribution in [-0.2, 0) is 14.3 Å². The van der Waals surface area contributed by atoms with Gasteiger partial charge in [-0.2, -0.15) is 0 Å². The number of nitrogens with zero attached hydrogens (tertiary/aromatic N) is 1. The molecule has 1 aliphatic rings. The first-order valence-electron chi connectivity index (χ1n) is 8.84. The van der Waals surface area contributed by atoms with Gasteiger partial charge in [-0.1, -0.05) is 6.07 Å². The highest BCUT2D eigenvalue weighted by Gasteiger charge is 2.29. The van der Waals surface area contributed by atoms with Crippen LogP contribution in [0.1, 0.15) is 38.7 Å². The van der Waals surface area contributed by atoms with Gasteiger partial charge in [-0.15, -0.1) is 0 Å². The fraction of sp³-hybridized carbons (Fsp3) is 0.500. The maximum absolute atomic E-state index is 12.6. The molecule has 1 amide bonds. The Hall–Kier alpha value is -2.50. The smallest absolute Gasteiger partial charge is 0.330 e. The number of methoxy groups -OCH3 is 2. The van der Waals surface area contributed by atoms with Crippen molar-refractivity contribution in [1.82, 2.24) is 4.90 Å². The van der Waals surface area contributed by atoms with E-state index in [9.17, 15) is 9.59 Å². The van der Waals surface area contributed by atoms with Crippen LogP contribution in [0.5, 0.6) is 11.5 Å². The number of esters is 1. The summed E-state index contributed by atoms with van der Waals surface area (Å²) in [6.45, 7) is 4.13. The van der Waals surface area contributed by atoms with Crippen LogP contribution in [0.4, 0.5) is 0 Å². The SMILES string of the molecule is COC(=O)/C=C/c1ccc(OCC(=O)N2[C@H](C)CCC[C@H]2C)c(OC)c1. The Morgan fingerprint density at radius 2 is 1.85 bits per heavy atom. The number of likely N-dealkylation sites (tertiary alicyclic amines) is 1. The lowest BCUT2D eigenvalue weighted by Gasteiger charge is -2.39. The van der Waals surface area contributed by atoms with E-state index in [2.05, 4.69) is 18.6 Å². The first kappa shape index (κ1) is 19.8. The van der Waals surface area contributed by atoms with Crippen LogP contribution in [0.15, 0.2) is 24.3 Å². The maximum atomic E-state index is 12.6. The summed E-state index contributed by atoms with van der Waals surface area (Å²) in [5, 5.41) is 0. The third-order valence-electron chi connectivity index (χ3n) is 4.63. The minimum Gasteiger partial charge on any atom is -0.493 e. The molecule has 0 bridgehead atoms. The minimum absolute atomic E-state index is 0.0126. The molecule has 1 saturated heterocycles. The molecule has 0 aliphatic carbocycles. The lowest BCUT2D eigenvalue weighted by Crippen LogP contribution is -2.49. The standard InChI is InChI=1S/C20H27NO5/c1-14-6-5-7-15(2)21(14)19(22)13-26-17-10-8-16(12-18(17)24-3)9-11-20(23)25-4/h8-12,14-15H,5-7,13H2,1-4H3/b11-9+/t14-,15-/m1/s1. The number of carbonyl (C=O) groups is 2. The normalized spacial score (nSPS) is 20.1. The lowest BCUT2D eigenvalue weighted by molar-refractivity contribution is -0.139. The van der Waals surface area contributed by atoms with Crippen molar-refractivity contribution in [2.24, 2.45) is 0 Å². The van der Waals surface area contributed by atoms with Gasteiger partial charge in [0.05, 0.1) is 14.2 Å². The maximum Gasteiger partial charge on any atom is 0.330 e. The van der Waals surface area contributed by atoms with Gasteiger partial charge in [-0.05, 0) is 56.9 Å². The minimum atomic E-state index is -0.431. The fourth-order valence-electron chi connectivity index (χ4n) is 3.27. The molecule has 0 saturated carbocycles. The Bertz CT molecular complexity index is 660. The summed E-state index contributed by atoms with van der Waals surface area (Å²) < 4.78 is 15.6. The fourth-order valence-corrected chi connectivity index (χ4v) is 3.27. The number of ether oxygens (including phenoxy) is 3. The first-order valence-corrected chi connectivity index (χ1v) is 8.84. The summed E-state index contributed by atoms with van der Waals surface area (Å²) >= 11 is 0. The van der Waals surface area contributed by atoms with Gasteiger partial charge in [0.2, 0.25) is 0 Å². The number of benzene rings is 1. The van der Waals surface area contributed by atoms with Gasteiger partial charge in [0.1, 0.15) is 0 Å². The van der Waals surface area contributed by atoms with E-state index in [0.717, 1.165) is 24.8 Å². The number of carbonyl (C=O) groups excluding carboxylic acids is 2. The molecule has 6 nitrogen and oxygen atoms in total. The van der Waals surface area contributed by atoms with Gasteiger partial charge in [0.15, 0.2) is 18.1 Å². The van der Waals surface area contributed by atoms with Crippen molar-refractivity contribution in [3.63, 3.8) is 0 Å². The second-order valence-electron chi connectivity index (χ2n) is 6.49. The Labute approximate surface area is 154 Å². The van der Waals surface area contributed by atoms with Crippen LogP contribution >= 0.6 is 0 Å². The molecule has 1 fully saturated rings. The van der Waals surface area contributed by atoms with E-state index < -0.39 is 5.97 Å². The van der Waals surface area contributed by atoms with Crippen LogP contribution in [0.25, 0.3) is 6.08 Å². The molecule has 2 atom stereocenters. The molecule has 2 rings (SSSR count). The number of rotatable bonds is 6. The van der Waals surface area contributed by atoms with Crippen LogP contribution in [0.2, 0.25) is 0 Å². The molecular weight excluding hydrogens is 334 g/mol. The molecule has 26 heavy (non-hydrogen) atoms. The molecule has 0 aromatic heterocycles. The highest BCUT2D eigenvalue weighted by Crippen LogP contribution is 2.29. The molecule has 142 valence electrons. The van der Waals surface area contributed by atoms with Gasteiger partial charge in [-0.3, -0.25) is 4.79 Å². The van der Waals surface area contributed by atoms with Crippen molar-refractivity contribution < 1.29 is 23.8 Å². The quantitative estimate of drug-likeness (QED) is 0.576. The zero-order chi connectivity index (χ0) is 19.1. The molecule has 0 radical (unpaired) electrons. The van der Waals surface area contributed by atoms with E-state index in [4.69, 9.17) is 9.47 Å². The lowest BCUT2D eigenvalue weighted by atomic mass is 9.97. The van der Waals surface area contributed by atoms with E-state index in [-0.39, 0.29) is 24.6 Å². The first-order chi connectivity index (χ1) is 12.5. The summed E-state index contributed by atoms with van der Waals surface area (Å²) in [7, 11) is 2.86. The molecule has 1 heterocycles. The van der Waals surface area contributed by atoms with E-state index >= 15 is 0 Å². The summed E-state index contributed by atoms with van der Waals surface area (Å²) in [5.41, 5.74) is 0.768. The number of piperidine rings is 1. The predicted molar refractivity (Wildman–Crippen MR) is 99.2 cm³/mol. The molecule has 0 spiro atoms. The van der Waals surface area contributed by atoms with Crippen molar-refractivity contribution >= 4 is 18.0 Å². The number of hydrogen-bond acceptors (Lipinski definition) is 5. The van der Waals surface area contributed by atoms with Crippen molar-refractivity contribution in [2.75, 3.05) is 20.8 Å². The van der Waals surface area contributed by atoms with Crippen molar-refractivity contribution in [1.29, 1.82) is 0 Å². The van der Waals surface area contributed by atoms with Crippen LogP contribution < -0.4 is 9.47 Å². The Balaban J connectivity index is 2.03. The average Bonchev–Trinajstić information content (AvgIpc) is 2.64. The summed E-state index contributed by atoms with van der Waals surface area (Å²) in [4.78, 5) is 25.7. The second-order valence-corrected chi connectivity index (χ2v) is 6.49. The van der Waals surface area contributed by atoms with Crippen molar-refractivity contribution in [2.45, 2.75) is 45.2 Å². The van der Waals surface area contributed by atoms with Gasteiger partial charge in [0.25, 0.3) is 5.91 Å². The van der Waals surface area contributed by atoms with Gasteiger partial charge < -0.3 is 19.1 Å². The summed E-state index contributed by atoms with van der Waals surface area (Å²) in [5.74, 6) is 0.555. The monoisotopic (exact) mass is 361 g/mol. The van der Waals surface area contributed by atoms with E-state index in [1.165, 1.54) is 20.3 Å². The van der Waals surface area contributed by atoms with Crippen LogP contribution in [0, 0.1) is 0 Å². The second kappa shape index (κ2) is 9.27. The van der Waals surface area contributed by atoms with Crippen molar-refractivity contribution in [3.8, 4) is 11.5 Å². The van der Waals surface area contributed by atoms with E-state index in [1.807, 2.05) is 4.90 Å². The van der Waals surface area contributed by atoms with Crippen molar-refractivity contribution in [3.05, 3.63) is 29.8 Å². The summed E-state index contributed by atoms with van der Waals surface area (Å²) in [6.07, 6.45) is 6.17. The third-order valence-corrected chi connectivity index (χ3v) is 4.63. The predicted octanol–water partition coefficient (Wildman–Crippen LogP) is 3.05. The van der Waals surface area contributed by atoms with Gasteiger partial charge in [-0.25, -0.2) is 4.79 Å². The molecule has 6 heteroatoms. The molecule has 0 N–H and O–H groups in total. The summed E-state index contributed by atoms with van der Waals surface area (Å²) in [6, 6.07) is 5.73. The Morgan fingerprint density at radius 3 is 2.46 bits per heavy atom. The van der Waals surface area contributed by atoms with E-state index in [0.29, 0.717) is 11.5 Å². The third kappa shape index (κ3) is 5.00. The molecule has 1 aromatic carbocycles. The highest BCUT2D eigenvalue weighted by atomic mass is 16.5. The van der Waals surface area contributed by atoms with E-state index in [1.54, 1.807) is 24.3 Å². The Morgan fingerprint density at radius 1 is 1.15 bits per heavy atom. The zero-order valence-corrected chi connectivity index (χ0v) is 15.9.